The number of H-pyrrole nitrogens is 1. The number of halogens is 1. The number of nitrogens with zero attached hydrogens (tertiary/aromatic N) is 4. The van der Waals surface area contributed by atoms with Crippen molar-refractivity contribution in [3.05, 3.63) is 59.5 Å². The van der Waals surface area contributed by atoms with Crippen LogP contribution in [0.2, 0.25) is 0 Å². The van der Waals surface area contributed by atoms with Crippen molar-refractivity contribution in [1.29, 1.82) is 0 Å². The molecule has 0 atom stereocenters. The Hall–Kier alpha value is -4.71. The highest BCUT2D eigenvalue weighted by atomic mass is 19.1. The molecule has 1 saturated heterocycles. The normalized spacial score (nSPS) is 14.9. The molecule has 0 spiro atoms. The fourth-order valence-electron chi connectivity index (χ4n) is 5.38. The molecule has 0 saturated carbocycles. The van der Waals surface area contributed by atoms with E-state index in [9.17, 15) is 14.0 Å². The van der Waals surface area contributed by atoms with Crippen LogP contribution in [-0.4, -0.2) is 65.0 Å². The van der Waals surface area contributed by atoms with Gasteiger partial charge < -0.3 is 31.0 Å². The predicted molar refractivity (Wildman–Crippen MR) is 149 cm³/mol. The number of hydrogen-bond acceptors (Lipinski definition) is 8. The van der Waals surface area contributed by atoms with Crippen LogP contribution < -0.4 is 26.0 Å². The van der Waals surface area contributed by atoms with E-state index in [1.807, 2.05) is 17.0 Å². The van der Waals surface area contributed by atoms with Gasteiger partial charge in [0.1, 0.15) is 23.2 Å². The number of methoxy groups -OCH3 is 1. The quantitative estimate of drug-likeness (QED) is 0.264. The van der Waals surface area contributed by atoms with Crippen molar-refractivity contribution < 1.29 is 18.7 Å². The first-order valence-corrected chi connectivity index (χ1v) is 13.1. The number of carbonyl (C=O) groups excluding carboxylic acids is 2. The number of aromatic amines is 1. The molecule has 11 nitrogen and oxygen atoms in total. The third-order valence-electron chi connectivity index (χ3n) is 7.34. The van der Waals surface area contributed by atoms with E-state index in [0.29, 0.717) is 47.7 Å². The molecule has 0 radical (unpaired) electrons. The van der Waals surface area contributed by atoms with Gasteiger partial charge in [0.05, 0.1) is 36.2 Å². The zero-order valence-electron chi connectivity index (χ0n) is 22.0. The second-order valence-corrected chi connectivity index (χ2v) is 9.88. The average Bonchev–Trinajstić information content (AvgIpc) is 3.69. The van der Waals surface area contributed by atoms with Crippen LogP contribution in [0.15, 0.2) is 42.6 Å². The van der Waals surface area contributed by atoms with E-state index in [0.717, 1.165) is 43.6 Å². The summed E-state index contributed by atoms with van der Waals surface area (Å²) in [6.45, 7) is 2.93. The van der Waals surface area contributed by atoms with Gasteiger partial charge in [-0.15, -0.1) is 0 Å². The molecule has 0 aromatic heterocycles. The maximum absolute atomic E-state index is 14.4. The molecule has 4 aliphatic heterocycles. The van der Waals surface area contributed by atoms with Crippen molar-refractivity contribution >= 4 is 40.6 Å². The van der Waals surface area contributed by atoms with Gasteiger partial charge in [0.15, 0.2) is 0 Å². The lowest BCUT2D eigenvalue weighted by Crippen LogP contribution is -2.38. The number of amides is 2. The second kappa shape index (κ2) is 10.5. The van der Waals surface area contributed by atoms with Crippen LogP contribution >= 0.6 is 0 Å². The van der Waals surface area contributed by atoms with E-state index in [1.165, 1.54) is 12.1 Å². The number of aromatic nitrogens is 3. The predicted octanol–water partition coefficient (Wildman–Crippen LogP) is 3.63. The first kappa shape index (κ1) is 25.6. The Labute approximate surface area is 229 Å². The van der Waals surface area contributed by atoms with Crippen LogP contribution in [0.1, 0.15) is 28.8 Å². The number of nitrogens with one attached hydrogen (secondary N) is 3. The summed E-state index contributed by atoms with van der Waals surface area (Å²) in [6, 6.07) is 9.77. The van der Waals surface area contributed by atoms with Crippen LogP contribution in [0, 0.1) is 5.82 Å². The molecule has 0 aliphatic carbocycles. The summed E-state index contributed by atoms with van der Waals surface area (Å²) in [5, 5.41) is 6.29. The molecule has 1 fully saturated rings. The molecule has 12 heteroatoms. The van der Waals surface area contributed by atoms with Crippen molar-refractivity contribution in [2.24, 2.45) is 5.73 Å². The van der Waals surface area contributed by atoms with Crippen LogP contribution in [0.3, 0.4) is 0 Å². The van der Waals surface area contributed by atoms with Crippen molar-refractivity contribution in [3.63, 3.8) is 0 Å². The molecular formula is C28H29FN8O3. The second-order valence-electron chi connectivity index (χ2n) is 9.88. The van der Waals surface area contributed by atoms with E-state index in [4.69, 9.17) is 10.5 Å². The zero-order valence-corrected chi connectivity index (χ0v) is 22.0. The van der Waals surface area contributed by atoms with Crippen molar-refractivity contribution in [2.75, 3.05) is 48.8 Å². The first-order valence-electron chi connectivity index (χ1n) is 13.1. The Kier molecular flexibility index (Phi) is 6.68. The number of likely N-dealkylation sites (tertiary alicyclic amines) is 1. The smallest absolute Gasteiger partial charge is 0.253 e. The fraction of sp³-hybridized carbons (Fsp3) is 0.286. The molecule has 40 heavy (non-hydrogen) atoms. The van der Waals surface area contributed by atoms with Gasteiger partial charge in [0.25, 0.3) is 5.91 Å². The molecule has 206 valence electrons. The van der Waals surface area contributed by atoms with E-state index in [1.54, 1.807) is 25.4 Å². The van der Waals surface area contributed by atoms with Gasteiger partial charge in [-0.1, -0.05) is 6.07 Å². The van der Waals surface area contributed by atoms with Gasteiger partial charge in [0, 0.05) is 18.4 Å². The monoisotopic (exact) mass is 544 g/mol. The number of rotatable bonds is 8. The van der Waals surface area contributed by atoms with E-state index >= 15 is 0 Å². The third-order valence-corrected chi connectivity index (χ3v) is 7.34. The minimum Gasteiger partial charge on any atom is -0.495 e. The molecule has 2 amide bonds. The Morgan fingerprint density at radius 3 is 2.73 bits per heavy atom. The number of primary amides is 1. The van der Waals surface area contributed by atoms with Crippen LogP contribution in [0.5, 0.6) is 5.75 Å². The van der Waals surface area contributed by atoms with Gasteiger partial charge in [0.2, 0.25) is 11.9 Å². The maximum Gasteiger partial charge on any atom is 0.253 e. The van der Waals surface area contributed by atoms with Crippen LogP contribution in [0.25, 0.3) is 11.4 Å². The summed E-state index contributed by atoms with van der Waals surface area (Å²) >= 11 is 0. The summed E-state index contributed by atoms with van der Waals surface area (Å²) < 4.78 is 20.0. The number of carbonyl (C=O) groups is 2. The SMILES string of the molecule is COc1cc2c(cc1Nc1nc(Nc3cccc(F)c3C(N)=O)c3ccnc-3[nH]1)N(C(=O)CN1CCCC1)CC2. The van der Waals surface area contributed by atoms with E-state index in [2.05, 4.69) is 30.5 Å². The Balaban J connectivity index is 1.32. The lowest BCUT2D eigenvalue weighted by molar-refractivity contribution is -0.119. The minimum absolute atomic E-state index is 0.0793. The summed E-state index contributed by atoms with van der Waals surface area (Å²) in [5.41, 5.74) is 8.46. The summed E-state index contributed by atoms with van der Waals surface area (Å²) in [6.07, 6.45) is 4.61. The molecule has 4 heterocycles. The molecule has 2 aromatic carbocycles. The first-order chi connectivity index (χ1) is 19.4. The Morgan fingerprint density at radius 1 is 1.12 bits per heavy atom. The average molecular weight is 545 g/mol. The number of nitrogens with two attached hydrogens (primary N) is 1. The molecule has 2 aromatic rings. The largest absolute Gasteiger partial charge is 0.495 e. The van der Waals surface area contributed by atoms with E-state index in [-0.39, 0.29) is 17.2 Å². The molecule has 5 N–H and O–H groups in total. The van der Waals surface area contributed by atoms with Crippen molar-refractivity contribution in [2.45, 2.75) is 19.3 Å². The Bertz CT molecular complexity index is 1570. The number of anilines is 5. The van der Waals surface area contributed by atoms with E-state index < -0.39 is 11.7 Å². The minimum atomic E-state index is -0.898. The van der Waals surface area contributed by atoms with Crippen LogP contribution in [-0.2, 0) is 11.2 Å². The van der Waals surface area contributed by atoms with Crippen molar-refractivity contribution in [1.82, 2.24) is 19.9 Å². The number of benzene rings is 2. The van der Waals surface area contributed by atoms with Gasteiger partial charge in [-0.3, -0.25) is 14.5 Å². The summed E-state index contributed by atoms with van der Waals surface area (Å²) in [4.78, 5) is 41.3. The molecule has 4 aliphatic rings. The maximum atomic E-state index is 14.4. The number of ether oxygens (including phenoxy) is 1. The molecule has 0 unspecified atom stereocenters. The van der Waals surface area contributed by atoms with Gasteiger partial charge in [-0.25, -0.2) is 9.37 Å². The third kappa shape index (κ3) is 4.77. The highest BCUT2D eigenvalue weighted by molar-refractivity contribution is 6.00. The lowest BCUT2D eigenvalue weighted by atomic mass is 10.1. The Morgan fingerprint density at radius 2 is 1.95 bits per heavy atom. The van der Waals surface area contributed by atoms with Gasteiger partial charge in [-0.05, 0) is 68.2 Å². The summed E-state index contributed by atoms with van der Waals surface area (Å²) in [7, 11) is 1.58. The lowest BCUT2D eigenvalue weighted by Gasteiger charge is -2.22. The van der Waals surface area contributed by atoms with Gasteiger partial charge >= 0.3 is 0 Å². The standard InChI is InChI=1S/C28H29FN8O3/c1-40-22-13-16-8-12-37(23(38)15-36-10-2-3-11-36)21(16)14-20(22)33-28-34-26-17(7-9-31-26)27(35-28)32-19-6-4-5-18(29)24(19)25(30)39/h4-7,9,13-14H,2-3,8,10-12,15H2,1H3,(H2,30,39)(H3,31,32,33,34,35). The fourth-order valence-corrected chi connectivity index (χ4v) is 5.38. The highest BCUT2D eigenvalue weighted by Crippen LogP contribution is 2.39. The van der Waals surface area contributed by atoms with Crippen molar-refractivity contribution in [3.8, 4) is 17.1 Å². The molecular weight excluding hydrogens is 515 g/mol. The highest BCUT2D eigenvalue weighted by Gasteiger charge is 2.29. The molecule has 6 rings (SSSR count). The summed E-state index contributed by atoms with van der Waals surface area (Å²) in [5.74, 6) is 0.206. The van der Waals surface area contributed by atoms with Gasteiger partial charge in [-0.2, -0.15) is 4.98 Å². The molecule has 0 bridgehead atoms. The van der Waals surface area contributed by atoms with Crippen LogP contribution in [0.4, 0.5) is 33.2 Å². The topological polar surface area (TPSA) is 142 Å². The number of hydrogen-bond donors (Lipinski definition) is 4. The number of fused-ring (bicyclic) bond motifs is 2. The zero-order chi connectivity index (χ0) is 27.8.